The smallest absolute Gasteiger partial charge is 0.132 e. The van der Waals surface area contributed by atoms with Gasteiger partial charge in [-0.05, 0) is 0 Å². The van der Waals surface area contributed by atoms with Crippen LogP contribution in [0.15, 0.2) is 24.3 Å². The van der Waals surface area contributed by atoms with Crippen LogP contribution < -0.4 is 19.9 Å². The van der Waals surface area contributed by atoms with Crippen LogP contribution in [0.2, 0.25) is 0 Å². The van der Waals surface area contributed by atoms with Crippen LogP contribution in [-0.4, -0.2) is 24.0 Å². The van der Waals surface area contributed by atoms with Crippen molar-refractivity contribution >= 4 is 5.82 Å². The van der Waals surface area contributed by atoms with Gasteiger partial charge < -0.3 is 19.9 Å². The van der Waals surface area contributed by atoms with E-state index in [-0.39, 0.29) is 0 Å². The van der Waals surface area contributed by atoms with E-state index in [1.807, 2.05) is 0 Å². The molecule has 2 aromatic rings. The molecule has 0 saturated carbocycles. The van der Waals surface area contributed by atoms with Gasteiger partial charge in [0.2, 0.25) is 0 Å². The fraction of sp³-hybridized carbons (Fsp3) is 0.308. The number of methoxy groups -OCH3 is 2. The molecule has 0 saturated heterocycles. The lowest BCUT2D eigenvalue weighted by molar-refractivity contribution is 0.295. The standard InChI is InChI=1S/C13H17N3O3/c1-16-13(14)4-9(15-16)8-19-12-6-10(17-2)5-11(7-12)18-3/h4-7H,8,14H2,1-3H3. The average molecular weight is 263 g/mol. The highest BCUT2D eigenvalue weighted by Crippen LogP contribution is 2.27. The molecule has 0 radical (unpaired) electrons. The van der Waals surface area contributed by atoms with Crippen LogP contribution >= 0.6 is 0 Å². The Bertz CT molecular complexity index is 525. The number of anilines is 1. The summed E-state index contributed by atoms with van der Waals surface area (Å²) in [4.78, 5) is 0. The number of hydrogen-bond donors (Lipinski definition) is 1. The third-order valence-corrected chi connectivity index (χ3v) is 2.68. The summed E-state index contributed by atoms with van der Waals surface area (Å²) in [6.07, 6.45) is 0. The molecule has 0 unspecified atom stereocenters. The molecule has 0 spiro atoms. The first-order valence-electron chi connectivity index (χ1n) is 5.76. The van der Waals surface area contributed by atoms with Gasteiger partial charge in [-0.25, -0.2) is 0 Å². The second kappa shape index (κ2) is 5.51. The molecule has 0 amide bonds. The summed E-state index contributed by atoms with van der Waals surface area (Å²) in [5.74, 6) is 2.60. The van der Waals surface area contributed by atoms with Crippen molar-refractivity contribution in [3.05, 3.63) is 30.0 Å². The van der Waals surface area contributed by atoms with Crippen LogP contribution in [0.4, 0.5) is 5.82 Å². The summed E-state index contributed by atoms with van der Waals surface area (Å²) in [6.45, 7) is 0.335. The molecule has 0 fully saturated rings. The normalized spacial score (nSPS) is 10.3. The van der Waals surface area contributed by atoms with E-state index in [1.165, 1.54) is 0 Å². The lowest BCUT2D eigenvalue weighted by atomic mass is 10.3. The van der Waals surface area contributed by atoms with Gasteiger partial charge in [0, 0.05) is 31.3 Å². The van der Waals surface area contributed by atoms with Gasteiger partial charge in [-0.3, -0.25) is 4.68 Å². The maximum Gasteiger partial charge on any atom is 0.132 e. The summed E-state index contributed by atoms with van der Waals surface area (Å²) in [6, 6.07) is 7.13. The van der Waals surface area contributed by atoms with E-state index in [4.69, 9.17) is 19.9 Å². The van der Waals surface area contributed by atoms with Gasteiger partial charge in [-0.15, -0.1) is 0 Å². The van der Waals surface area contributed by atoms with Crippen LogP contribution in [0.25, 0.3) is 0 Å². The molecule has 102 valence electrons. The van der Waals surface area contributed by atoms with E-state index in [1.54, 1.807) is 50.2 Å². The van der Waals surface area contributed by atoms with Gasteiger partial charge in [-0.1, -0.05) is 0 Å². The van der Waals surface area contributed by atoms with E-state index >= 15 is 0 Å². The number of nitrogens with zero attached hydrogens (tertiary/aromatic N) is 2. The number of aryl methyl sites for hydroxylation is 1. The minimum Gasteiger partial charge on any atom is -0.496 e. The quantitative estimate of drug-likeness (QED) is 0.887. The van der Waals surface area contributed by atoms with Gasteiger partial charge in [0.15, 0.2) is 0 Å². The van der Waals surface area contributed by atoms with Crippen molar-refractivity contribution in [1.82, 2.24) is 9.78 Å². The Hall–Kier alpha value is -2.37. The fourth-order valence-electron chi connectivity index (χ4n) is 1.64. The zero-order valence-electron chi connectivity index (χ0n) is 11.2. The Balaban J connectivity index is 2.10. The largest absolute Gasteiger partial charge is 0.496 e. The summed E-state index contributed by atoms with van der Waals surface area (Å²) < 4.78 is 17.6. The summed E-state index contributed by atoms with van der Waals surface area (Å²) in [7, 11) is 4.98. The highest BCUT2D eigenvalue weighted by molar-refractivity contribution is 5.42. The fourth-order valence-corrected chi connectivity index (χ4v) is 1.64. The van der Waals surface area contributed by atoms with Crippen LogP contribution in [0.5, 0.6) is 17.2 Å². The molecule has 0 aliphatic heterocycles. The molecular weight excluding hydrogens is 246 g/mol. The lowest BCUT2D eigenvalue weighted by Crippen LogP contribution is -1.99. The predicted molar refractivity (Wildman–Crippen MR) is 71.5 cm³/mol. The van der Waals surface area contributed by atoms with Gasteiger partial charge in [0.25, 0.3) is 0 Å². The number of rotatable bonds is 5. The average Bonchev–Trinajstić information content (AvgIpc) is 2.75. The zero-order valence-corrected chi connectivity index (χ0v) is 11.2. The van der Waals surface area contributed by atoms with Crippen LogP contribution in [0.1, 0.15) is 5.69 Å². The molecule has 6 heteroatoms. The third kappa shape index (κ3) is 3.09. The molecular formula is C13H17N3O3. The molecule has 19 heavy (non-hydrogen) atoms. The van der Waals surface area contributed by atoms with Crippen molar-refractivity contribution in [1.29, 1.82) is 0 Å². The maximum atomic E-state index is 5.71. The second-order valence-corrected chi connectivity index (χ2v) is 4.02. The lowest BCUT2D eigenvalue weighted by Gasteiger charge is -2.09. The van der Waals surface area contributed by atoms with Crippen LogP contribution in [0.3, 0.4) is 0 Å². The molecule has 1 aromatic heterocycles. The van der Waals surface area contributed by atoms with Gasteiger partial charge in [-0.2, -0.15) is 5.10 Å². The first kappa shape index (κ1) is 13.1. The monoisotopic (exact) mass is 263 g/mol. The van der Waals surface area contributed by atoms with Crippen LogP contribution in [0, 0.1) is 0 Å². The topological polar surface area (TPSA) is 71.5 Å². The van der Waals surface area contributed by atoms with Crippen molar-refractivity contribution in [2.75, 3.05) is 20.0 Å². The van der Waals surface area contributed by atoms with E-state index in [0.29, 0.717) is 29.7 Å². The number of aromatic nitrogens is 2. The van der Waals surface area contributed by atoms with Gasteiger partial charge in [0.05, 0.1) is 14.2 Å². The molecule has 0 bridgehead atoms. The third-order valence-electron chi connectivity index (χ3n) is 2.68. The molecule has 6 nitrogen and oxygen atoms in total. The summed E-state index contributed by atoms with van der Waals surface area (Å²) in [5, 5.41) is 4.21. The number of benzene rings is 1. The van der Waals surface area contributed by atoms with Crippen molar-refractivity contribution in [2.45, 2.75) is 6.61 Å². The Morgan fingerprint density at radius 1 is 1.05 bits per heavy atom. The molecule has 1 aromatic carbocycles. The van der Waals surface area contributed by atoms with Gasteiger partial charge >= 0.3 is 0 Å². The summed E-state index contributed by atoms with van der Waals surface area (Å²) in [5.41, 5.74) is 6.47. The van der Waals surface area contributed by atoms with Crippen LogP contribution in [-0.2, 0) is 13.7 Å². The van der Waals surface area contributed by atoms with Crippen molar-refractivity contribution in [3.8, 4) is 17.2 Å². The van der Waals surface area contributed by atoms with Gasteiger partial charge in [0.1, 0.15) is 35.4 Å². The number of ether oxygens (including phenoxy) is 3. The van der Waals surface area contributed by atoms with E-state index in [9.17, 15) is 0 Å². The molecule has 1 heterocycles. The number of hydrogen-bond acceptors (Lipinski definition) is 5. The van der Waals surface area contributed by atoms with E-state index in [2.05, 4.69) is 5.10 Å². The number of nitrogens with two attached hydrogens (primary N) is 1. The molecule has 2 rings (SSSR count). The first-order chi connectivity index (χ1) is 9.12. The Labute approximate surface area is 111 Å². The van der Waals surface area contributed by atoms with Crippen molar-refractivity contribution in [3.63, 3.8) is 0 Å². The molecule has 0 atom stereocenters. The highest BCUT2D eigenvalue weighted by atomic mass is 16.5. The zero-order chi connectivity index (χ0) is 13.8. The highest BCUT2D eigenvalue weighted by Gasteiger charge is 2.06. The second-order valence-electron chi connectivity index (χ2n) is 4.02. The molecule has 0 aliphatic carbocycles. The molecule has 0 aliphatic rings. The first-order valence-corrected chi connectivity index (χ1v) is 5.76. The Morgan fingerprint density at radius 3 is 2.11 bits per heavy atom. The maximum absolute atomic E-state index is 5.71. The number of nitrogen functional groups attached to an aromatic ring is 1. The van der Waals surface area contributed by atoms with Crippen molar-refractivity contribution < 1.29 is 14.2 Å². The minimum atomic E-state index is 0.335. The molecule has 2 N–H and O–H groups in total. The van der Waals surface area contributed by atoms with Crippen molar-refractivity contribution in [2.24, 2.45) is 7.05 Å². The van der Waals surface area contributed by atoms with E-state index < -0.39 is 0 Å². The predicted octanol–water partition coefficient (Wildman–Crippen LogP) is 1.60. The van der Waals surface area contributed by atoms with E-state index in [0.717, 1.165) is 5.69 Å². The SMILES string of the molecule is COc1cc(OC)cc(OCc2cc(N)n(C)n2)c1. The Morgan fingerprint density at radius 2 is 1.63 bits per heavy atom. The Kier molecular flexibility index (Phi) is 3.79. The summed E-state index contributed by atoms with van der Waals surface area (Å²) >= 11 is 0. The minimum absolute atomic E-state index is 0.335.